The molecule has 2 heterocycles. The summed E-state index contributed by atoms with van der Waals surface area (Å²) < 4.78 is 15.8. The molecule has 0 unspecified atom stereocenters. The summed E-state index contributed by atoms with van der Waals surface area (Å²) in [7, 11) is 0. The summed E-state index contributed by atoms with van der Waals surface area (Å²) in [5.41, 5.74) is 2.57. The van der Waals surface area contributed by atoms with Crippen LogP contribution in [0.15, 0.2) is 60.8 Å². The number of benzene rings is 2. The van der Waals surface area contributed by atoms with Gasteiger partial charge in [-0.1, -0.05) is 6.07 Å². The van der Waals surface area contributed by atoms with Crippen LogP contribution in [-0.4, -0.2) is 15.6 Å². The fourth-order valence-corrected chi connectivity index (χ4v) is 3.25. The summed E-state index contributed by atoms with van der Waals surface area (Å²) >= 11 is 0. The number of carbonyl (C=O) groups excluding carboxylic acids is 1. The number of halogens is 1. The summed E-state index contributed by atoms with van der Waals surface area (Å²) in [6.45, 7) is 1.90. The van der Waals surface area contributed by atoms with Crippen molar-refractivity contribution >= 4 is 11.6 Å². The highest BCUT2D eigenvalue weighted by molar-refractivity contribution is 6.08. The molecular weight excluding hydrogens is 307 g/mol. The predicted molar refractivity (Wildman–Crippen MR) is 89.1 cm³/mol. The van der Waals surface area contributed by atoms with E-state index in [-0.39, 0.29) is 17.7 Å². The van der Waals surface area contributed by atoms with Crippen LogP contribution in [0.5, 0.6) is 5.75 Å². The van der Waals surface area contributed by atoms with Gasteiger partial charge in [-0.2, -0.15) is 0 Å². The van der Waals surface area contributed by atoms with Gasteiger partial charge in [-0.25, -0.2) is 4.39 Å². The second kappa shape index (κ2) is 5.23. The van der Waals surface area contributed by atoms with Crippen LogP contribution >= 0.6 is 0 Å². The summed E-state index contributed by atoms with van der Waals surface area (Å²) in [4.78, 5) is 14.6. The van der Waals surface area contributed by atoms with Crippen molar-refractivity contribution in [2.24, 2.45) is 0 Å². The van der Waals surface area contributed by atoms with E-state index < -0.39 is 5.82 Å². The molecule has 1 amide bonds. The van der Waals surface area contributed by atoms with Crippen molar-refractivity contribution in [3.63, 3.8) is 0 Å². The minimum absolute atomic E-state index is 0.0216. The van der Waals surface area contributed by atoms with Crippen molar-refractivity contribution in [2.45, 2.75) is 13.0 Å². The van der Waals surface area contributed by atoms with Crippen LogP contribution in [-0.2, 0) is 0 Å². The molecule has 0 bridgehead atoms. The van der Waals surface area contributed by atoms with E-state index in [9.17, 15) is 14.3 Å². The fraction of sp³-hybridized carbons (Fsp3) is 0.105. The molecule has 5 heteroatoms. The molecule has 24 heavy (non-hydrogen) atoms. The summed E-state index contributed by atoms with van der Waals surface area (Å²) in [5, 5.41) is 9.66. The second-order valence-corrected chi connectivity index (χ2v) is 5.84. The highest BCUT2D eigenvalue weighted by Gasteiger charge is 2.33. The molecule has 1 atom stereocenters. The number of rotatable bonds is 1. The largest absolute Gasteiger partial charge is 0.508 e. The number of phenolic OH excluding ortho intramolecular Hbond substituents is 1. The Morgan fingerprint density at radius 3 is 2.71 bits per heavy atom. The second-order valence-electron chi connectivity index (χ2n) is 5.84. The normalized spacial score (nSPS) is 15.8. The zero-order valence-corrected chi connectivity index (χ0v) is 13.0. The molecular formula is C19H15FN2O2. The number of aromatic hydroxyl groups is 1. The first kappa shape index (κ1) is 14.5. The third kappa shape index (κ3) is 2.09. The van der Waals surface area contributed by atoms with E-state index >= 15 is 0 Å². The smallest absolute Gasteiger partial charge is 0.259 e. The number of hydrogen-bond acceptors (Lipinski definition) is 2. The Kier molecular flexibility index (Phi) is 3.16. The van der Waals surface area contributed by atoms with Crippen molar-refractivity contribution in [1.82, 2.24) is 4.57 Å². The maximum absolute atomic E-state index is 13.8. The predicted octanol–water partition coefficient (Wildman–Crippen LogP) is 4.04. The van der Waals surface area contributed by atoms with Crippen molar-refractivity contribution in [3.05, 3.63) is 77.9 Å². The van der Waals surface area contributed by atoms with E-state index in [1.165, 1.54) is 24.3 Å². The first-order valence-electron chi connectivity index (χ1n) is 7.66. The lowest BCUT2D eigenvalue weighted by molar-refractivity contribution is 0.0976. The lowest BCUT2D eigenvalue weighted by Gasteiger charge is -2.36. The van der Waals surface area contributed by atoms with Crippen molar-refractivity contribution in [3.8, 4) is 11.4 Å². The van der Waals surface area contributed by atoms with Gasteiger partial charge in [0.25, 0.3) is 5.91 Å². The van der Waals surface area contributed by atoms with Gasteiger partial charge in [0.05, 0.1) is 17.4 Å². The van der Waals surface area contributed by atoms with E-state index in [0.29, 0.717) is 11.3 Å². The van der Waals surface area contributed by atoms with Crippen LogP contribution in [0.25, 0.3) is 5.69 Å². The Bertz CT molecular complexity index is 948. The maximum Gasteiger partial charge on any atom is 0.259 e. The molecule has 0 radical (unpaired) electrons. The Morgan fingerprint density at radius 1 is 1.08 bits per heavy atom. The third-order valence-electron chi connectivity index (χ3n) is 4.36. The standard InChI is InChI=1S/C19H15FN2O2/c1-12-16-6-3-9-21(16)17-8-7-14(20)11-18(17)22(12)19(24)13-4-2-5-15(23)10-13/h2-12,23H,1H3/t12-/m1/s1. The summed E-state index contributed by atoms with van der Waals surface area (Å²) in [6.07, 6.45) is 1.90. The Balaban J connectivity index is 1.90. The molecule has 1 N–H and O–H groups in total. The molecule has 0 saturated heterocycles. The molecule has 4 nitrogen and oxygen atoms in total. The van der Waals surface area contributed by atoms with Crippen LogP contribution in [0.2, 0.25) is 0 Å². The number of hydrogen-bond donors (Lipinski definition) is 1. The molecule has 120 valence electrons. The molecule has 0 aliphatic carbocycles. The molecule has 0 spiro atoms. The highest BCUT2D eigenvalue weighted by atomic mass is 19.1. The SMILES string of the molecule is C[C@@H]1c2cccn2-c2ccc(F)cc2N1C(=O)c1cccc(O)c1. The van der Waals surface area contributed by atoms with Crippen LogP contribution in [0.4, 0.5) is 10.1 Å². The van der Waals surface area contributed by atoms with E-state index in [1.54, 1.807) is 23.1 Å². The molecule has 2 aromatic carbocycles. The number of aromatic nitrogens is 1. The van der Waals surface area contributed by atoms with Crippen LogP contribution in [0.3, 0.4) is 0 Å². The van der Waals surface area contributed by atoms with Gasteiger partial charge < -0.3 is 9.67 Å². The van der Waals surface area contributed by atoms with Crippen molar-refractivity contribution in [1.29, 1.82) is 0 Å². The minimum Gasteiger partial charge on any atom is -0.508 e. The quantitative estimate of drug-likeness (QED) is 0.735. The lowest BCUT2D eigenvalue weighted by Crippen LogP contribution is -2.38. The van der Waals surface area contributed by atoms with E-state index in [1.807, 2.05) is 29.8 Å². The average Bonchev–Trinajstić information content (AvgIpc) is 3.05. The number of phenols is 1. The number of amides is 1. The first-order chi connectivity index (χ1) is 11.6. The van der Waals surface area contributed by atoms with Gasteiger partial charge in [0, 0.05) is 17.5 Å². The summed E-state index contributed by atoms with van der Waals surface area (Å²) in [5.74, 6) is -0.656. The van der Waals surface area contributed by atoms with Crippen LogP contribution in [0.1, 0.15) is 29.0 Å². The topological polar surface area (TPSA) is 45.5 Å². The van der Waals surface area contributed by atoms with E-state index in [4.69, 9.17) is 0 Å². The van der Waals surface area contributed by atoms with Gasteiger partial charge in [0.1, 0.15) is 11.6 Å². The Morgan fingerprint density at radius 2 is 1.92 bits per heavy atom. The van der Waals surface area contributed by atoms with Crippen LogP contribution in [0, 0.1) is 5.82 Å². The highest BCUT2D eigenvalue weighted by Crippen LogP contribution is 2.40. The maximum atomic E-state index is 13.8. The fourth-order valence-electron chi connectivity index (χ4n) is 3.25. The van der Waals surface area contributed by atoms with Crippen molar-refractivity contribution in [2.75, 3.05) is 4.90 Å². The molecule has 0 saturated carbocycles. The molecule has 1 aliphatic heterocycles. The third-order valence-corrected chi connectivity index (χ3v) is 4.36. The van der Waals surface area contributed by atoms with Gasteiger partial charge in [-0.05, 0) is 55.5 Å². The van der Waals surface area contributed by atoms with Gasteiger partial charge in [0.2, 0.25) is 0 Å². The number of anilines is 1. The van der Waals surface area contributed by atoms with Gasteiger partial charge in [-0.15, -0.1) is 0 Å². The molecule has 4 rings (SSSR count). The molecule has 1 aromatic heterocycles. The number of carbonyl (C=O) groups is 1. The van der Waals surface area contributed by atoms with Gasteiger partial charge in [-0.3, -0.25) is 9.69 Å². The Labute approximate surface area is 138 Å². The monoisotopic (exact) mass is 322 g/mol. The van der Waals surface area contributed by atoms with Crippen LogP contribution < -0.4 is 4.90 Å². The Hall–Kier alpha value is -3.08. The number of fused-ring (bicyclic) bond motifs is 3. The summed E-state index contributed by atoms with van der Waals surface area (Å²) in [6, 6.07) is 14.2. The van der Waals surface area contributed by atoms with Crippen molar-refractivity contribution < 1.29 is 14.3 Å². The average molecular weight is 322 g/mol. The van der Waals surface area contributed by atoms with Gasteiger partial charge >= 0.3 is 0 Å². The van der Waals surface area contributed by atoms with Gasteiger partial charge in [0.15, 0.2) is 0 Å². The molecule has 0 fully saturated rings. The number of nitrogens with zero attached hydrogens (tertiary/aromatic N) is 2. The molecule has 1 aliphatic rings. The minimum atomic E-state index is -0.398. The lowest BCUT2D eigenvalue weighted by atomic mass is 10.0. The van der Waals surface area contributed by atoms with E-state index in [2.05, 4.69) is 0 Å². The zero-order chi connectivity index (χ0) is 16.8. The molecule has 3 aromatic rings. The first-order valence-corrected chi connectivity index (χ1v) is 7.66. The van der Waals surface area contributed by atoms with E-state index in [0.717, 1.165) is 11.4 Å². The zero-order valence-electron chi connectivity index (χ0n) is 13.0.